The molecule has 24 heavy (non-hydrogen) atoms. The molecule has 2 aromatic rings. The van der Waals surface area contributed by atoms with Gasteiger partial charge in [0.2, 0.25) is 15.9 Å². The molecule has 0 aliphatic heterocycles. The lowest BCUT2D eigenvalue weighted by Gasteiger charge is -2.06. The van der Waals surface area contributed by atoms with Crippen molar-refractivity contribution in [2.24, 2.45) is 5.14 Å². The van der Waals surface area contributed by atoms with Crippen molar-refractivity contribution in [1.29, 1.82) is 0 Å². The summed E-state index contributed by atoms with van der Waals surface area (Å²) in [4.78, 5) is 11.9. The minimum Gasteiger partial charge on any atom is -0.496 e. The second-order valence-electron chi connectivity index (χ2n) is 4.78. The Balaban J connectivity index is 2.16. The fourth-order valence-electron chi connectivity index (χ4n) is 1.94. The van der Waals surface area contributed by atoms with Crippen molar-refractivity contribution >= 4 is 43.6 Å². The molecule has 0 aromatic heterocycles. The smallest absolute Gasteiger partial charge is 0.248 e. The number of primary sulfonamides is 1. The van der Waals surface area contributed by atoms with Gasteiger partial charge < -0.3 is 10.1 Å². The van der Waals surface area contributed by atoms with E-state index in [1.54, 1.807) is 25.3 Å². The van der Waals surface area contributed by atoms with E-state index in [0.29, 0.717) is 11.4 Å². The molecule has 0 saturated heterocycles. The Morgan fingerprint density at radius 3 is 2.67 bits per heavy atom. The third-order valence-corrected chi connectivity index (χ3v) is 4.44. The van der Waals surface area contributed by atoms with Crippen molar-refractivity contribution in [3.05, 3.63) is 58.6 Å². The maximum absolute atomic E-state index is 12.0. The Morgan fingerprint density at radius 1 is 1.25 bits per heavy atom. The van der Waals surface area contributed by atoms with Gasteiger partial charge in [-0.05, 0) is 42.5 Å². The van der Waals surface area contributed by atoms with Crippen LogP contribution in [0.25, 0.3) is 6.08 Å². The number of halogens is 1. The summed E-state index contributed by atoms with van der Waals surface area (Å²) in [5.41, 5.74) is 1.05. The molecule has 0 saturated carbocycles. The number of hydrogen-bond acceptors (Lipinski definition) is 4. The van der Waals surface area contributed by atoms with Crippen LogP contribution in [0.1, 0.15) is 5.56 Å². The molecule has 3 N–H and O–H groups in total. The maximum atomic E-state index is 12.0. The number of nitrogens with one attached hydrogen (secondary N) is 1. The summed E-state index contributed by atoms with van der Waals surface area (Å²) in [6, 6.07) is 11.1. The molecule has 0 atom stereocenters. The molecule has 0 aliphatic carbocycles. The van der Waals surface area contributed by atoms with E-state index >= 15 is 0 Å². The van der Waals surface area contributed by atoms with Gasteiger partial charge in [0.15, 0.2) is 0 Å². The monoisotopic (exact) mass is 410 g/mol. The highest BCUT2D eigenvalue weighted by Crippen LogP contribution is 2.24. The van der Waals surface area contributed by atoms with Crippen molar-refractivity contribution in [2.45, 2.75) is 4.90 Å². The lowest BCUT2D eigenvalue weighted by molar-refractivity contribution is -0.111. The average Bonchev–Trinajstić information content (AvgIpc) is 2.52. The minimum atomic E-state index is -3.82. The quantitative estimate of drug-likeness (QED) is 0.740. The molecule has 1 amide bonds. The van der Waals surface area contributed by atoms with E-state index in [1.807, 2.05) is 12.1 Å². The van der Waals surface area contributed by atoms with Gasteiger partial charge in [0.25, 0.3) is 0 Å². The fraction of sp³-hybridized carbons (Fsp3) is 0.0625. The molecule has 6 nitrogen and oxygen atoms in total. The van der Waals surface area contributed by atoms with Gasteiger partial charge in [-0.3, -0.25) is 4.79 Å². The van der Waals surface area contributed by atoms with E-state index < -0.39 is 15.9 Å². The SMILES string of the molecule is COc1ccc(Br)cc1/C=C/C(=O)Nc1cccc(S(N)(=O)=O)c1. The Kier molecular flexibility index (Phi) is 5.76. The van der Waals surface area contributed by atoms with Gasteiger partial charge in [0, 0.05) is 21.8 Å². The molecule has 126 valence electrons. The van der Waals surface area contributed by atoms with Gasteiger partial charge in [-0.2, -0.15) is 0 Å². The highest BCUT2D eigenvalue weighted by molar-refractivity contribution is 9.10. The standard InChI is InChI=1S/C16H15BrN2O4S/c1-23-15-7-6-12(17)9-11(15)5-8-16(20)19-13-3-2-4-14(10-13)24(18,21)22/h2-10H,1H3,(H,19,20)(H2,18,21,22)/b8-5+. The van der Waals surface area contributed by atoms with Crippen LogP contribution >= 0.6 is 15.9 Å². The fourth-order valence-corrected chi connectivity index (χ4v) is 2.87. The zero-order chi connectivity index (χ0) is 17.7. The molecule has 0 radical (unpaired) electrons. The molecule has 2 aromatic carbocycles. The average molecular weight is 411 g/mol. The molecular weight excluding hydrogens is 396 g/mol. The lowest BCUT2D eigenvalue weighted by atomic mass is 10.2. The zero-order valence-electron chi connectivity index (χ0n) is 12.7. The predicted octanol–water partition coefficient (Wildman–Crippen LogP) is 2.76. The van der Waals surface area contributed by atoms with Gasteiger partial charge in [-0.1, -0.05) is 22.0 Å². The van der Waals surface area contributed by atoms with Crippen LogP contribution < -0.4 is 15.2 Å². The van der Waals surface area contributed by atoms with Crippen LogP contribution in [0.2, 0.25) is 0 Å². The lowest BCUT2D eigenvalue weighted by Crippen LogP contribution is -2.13. The largest absolute Gasteiger partial charge is 0.496 e. The first-order chi connectivity index (χ1) is 11.3. The van der Waals surface area contributed by atoms with Crippen LogP contribution in [-0.2, 0) is 14.8 Å². The summed E-state index contributed by atoms with van der Waals surface area (Å²) in [6.45, 7) is 0. The number of carbonyl (C=O) groups is 1. The van der Waals surface area contributed by atoms with Gasteiger partial charge in [-0.15, -0.1) is 0 Å². The summed E-state index contributed by atoms with van der Waals surface area (Å²) in [5, 5.41) is 7.64. The second-order valence-corrected chi connectivity index (χ2v) is 7.26. The number of carbonyl (C=O) groups excluding carboxylic acids is 1. The van der Waals surface area contributed by atoms with Gasteiger partial charge in [0.05, 0.1) is 12.0 Å². The summed E-state index contributed by atoms with van der Waals surface area (Å²) in [6.07, 6.45) is 2.93. The third-order valence-electron chi connectivity index (χ3n) is 3.04. The normalized spacial score (nSPS) is 11.5. The van der Waals surface area contributed by atoms with E-state index in [2.05, 4.69) is 21.2 Å². The number of amides is 1. The van der Waals surface area contributed by atoms with E-state index in [1.165, 1.54) is 24.3 Å². The summed E-state index contributed by atoms with van der Waals surface area (Å²) in [7, 11) is -2.28. The molecule has 0 heterocycles. The Morgan fingerprint density at radius 2 is 2.00 bits per heavy atom. The topological polar surface area (TPSA) is 98.5 Å². The Hall–Kier alpha value is -2.16. The van der Waals surface area contributed by atoms with Crippen LogP contribution in [0.5, 0.6) is 5.75 Å². The van der Waals surface area contributed by atoms with E-state index in [0.717, 1.165) is 10.0 Å². The molecule has 2 rings (SSSR count). The molecule has 0 spiro atoms. The van der Waals surface area contributed by atoms with E-state index in [4.69, 9.17) is 9.88 Å². The second kappa shape index (κ2) is 7.61. The van der Waals surface area contributed by atoms with Gasteiger partial charge >= 0.3 is 0 Å². The van der Waals surface area contributed by atoms with Crippen molar-refractivity contribution in [3.63, 3.8) is 0 Å². The molecule has 0 fully saturated rings. The van der Waals surface area contributed by atoms with Crippen LogP contribution in [0.4, 0.5) is 5.69 Å². The molecule has 0 unspecified atom stereocenters. The Bertz CT molecular complexity index is 895. The maximum Gasteiger partial charge on any atom is 0.248 e. The summed E-state index contributed by atoms with van der Waals surface area (Å²) in [5.74, 6) is 0.210. The van der Waals surface area contributed by atoms with E-state index in [9.17, 15) is 13.2 Å². The Labute approximate surface area is 148 Å². The number of sulfonamides is 1. The number of methoxy groups -OCH3 is 1. The number of benzene rings is 2. The van der Waals surface area contributed by atoms with Crippen molar-refractivity contribution in [3.8, 4) is 5.75 Å². The van der Waals surface area contributed by atoms with Crippen LogP contribution in [-0.4, -0.2) is 21.4 Å². The first kappa shape index (κ1) is 18.2. The van der Waals surface area contributed by atoms with Crippen molar-refractivity contribution < 1.29 is 17.9 Å². The van der Waals surface area contributed by atoms with Crippen LogP contribution in [0.15, 0.2) is 57.9 Å². The van der Waals surface area contributed by atoms with Crippen LogP contribution in [0, 0.1) is 0 Å². The summed E-state index contributed by atoms with van der Waals surface area (Å²) >= 11 is 3.35. The highest BCUT2D eigenvalue weighted by atomic mass is 79.9. The summed E-state index contributed by atoms with van der Waals surface area (Å²) < 4.78 is 28.7. The molecule has 0 bridgehead atoms. The number of ether oxygens (including phenoxy) is 1. The number of anilines is 1. The number of nitrogens with two attached hydrogens (primary N) is 1. The van der Waals surface area contributed by atoms with Gasteiger partial charge in [0.1, 0.15) is 5.75 Å². The first-order valence-corrected chi connectivity index (χ1v) is 9.09. The van der Waals surface area contributed by atoms with Crippen molar-refractivity contribution in [1.82, 2.24) is 0 Å². The van der Waals surface area contributed by atoms with Crippen LogP contribution in [0.3, 0.4) is 0 Å². The predicted molar refractivity (Wildman–Crippen MR) is 96.2 cm³/mol. The first-order valence-electron chi connectivity index (χ1n) is 6.75. The minimum absolute atomic E-state index is 0.0714. The zero-order valence-corrected chi connectivity index (χ0v) is 15.1. The molecule has 0 aliphatic rings. The molecule has 8 heteroatoms. The van der Waals surface area contributed by atoms with Gasteiger partial charge in [-0.25, -0.2) is 13.6 Å². The third kappa shape index (κ3) is 4.92. The molecular formula is C16H15BrN2O4S. The van der Waals surface area contributed by atoms with Crippen molar-refractivity contribution in [2.75, 3.05) is 12.4 Å². The number of hydrogen-bond donors (Lipinski definition) is 2. The number of rotatable bonds is 5. The highest BCUT2D eigenvalue weighted by Gasteiger charge is 2.08. The van der Waals surface area contributed by atoms with E-state index in [-0.39, 0.29) is 4.90 Å².